The average Bonchev–Trinajstić information content (AvgIpc) is 3.32. The third-order valence-corrected chi connectivity index (χ3v) is 4.04. The molecule has 1 heterocycles. The molecule has 0 bridgehead atoms. The smallest absolute Gasteiger partial charge is 0.141 e. The van der Waals surface area contributed by atoms with E-state index in [0.717, 1.165) is 31.2 Å². The van der Waals surface area contributed by atoms with Crippen molar-refractivity contribution in [1.82, 2.24) is 10.3 Å². The standard InChI is InChI=1S/C17H17F3N2/c1-10(12-6-14(19)9-21-8-12)22-17(11-2-3-11)15-7-13(18)4-5-16(15)20/h4-11,17,22H,2-3H2,1H3. The summed E-state index contributed by atoms with van der Waals surface area (Å²) in [4.78, 5) is 3.83. The van der Waals surface area contributed by atoms with Crippen LogP contribution in [-0.2, 0) is 0 Å². The molecule has 1 aromatic heterocycles. The number of halogens is 3. The Bertz CT molecular complexity index is 671. The van der Waals surface area contributed by atoms with E-state index < -0.39 is 17.5 Å². The summed E-state index contributed by atoms with van der Waals surface area (Å²) in [5.74, 6) is -1.01. The lowest BCUT2D eigenvalue weighted by atomic mass is 9.99. The molecule has 0 radical (unpaired) electrons. The minimum absolute atomic E-state index is 0.212. The van der Waals surface area contributed by atoms with Crippen molar-refractivity contribution in [2.24, 2.45) is 5.92 Å². The van der Waals surface area contributed by atoms with Gasteiger partial charge < -0.3 is 5.32 Å². The van der Waals surface area contributed by atoms with Gasteiger partial charge in [0.1, 0.15) is 17.5 Å². The van der Waals surface area contributed by atoms with E-state index in [-0.39, 0.29) is 18.0 Å². The number of rotatable bonds is 5. The zero-order valence-corrected chi connectivity index (χ0v) is 12.2. The van der Waals surface area contributed by atoms with Gasteiger partial charge in [0, 0.05) is 23.8 Å². The van der Waals surface area contributed by atoms with Crippen molar-refractivity contribution >= 4 is 0 Å². The molecule has 1 aromatic carbocycles. The van der Waals surface area contributed by atoms with Crippen LogP contribution >= 0.6 is 0 Å². The molecule has 2 unspecified atom stereocenters. The molecule has 2 nitrogen and oxygen atoms in total. The Kier molecular flexibility index (Phi) is 4.16. The Balaban J connectivity index is 1.84. The lowest BCUT2D eigenvalue weighted by Crippen LogP contribution is -2.27. The normalized spacial score (nSPS) is 17.3. The van der Waals surface area contributed by atoms with Gasteiger partial charge in [0.2, 0.25) is 0 Å². The summed E-state index contributed by atoms with van der Waals surface area (Å²) in [5.41, 5.74) is 1.01. The van der Waals surface area contributed by atoms with Gasteiger partial charge in [0.25, 0.3) is 0 Å². The minimum atomic E-state index is -0.455. The van der Waals surface area contributed by atoms with Crippen LogP contribution in [0.2, 0.25) is 0 Å². The van der Waals surface area contributed by atoms with Crippen LogP contribution < -0.4 is 5.32 Å². The first-order chi connectivity index (χ1) is 10.5. The van der Waals surface area contributed by atoms with Gasteiger partial charge in [0.05, 0.1) is 6.20 Å². The number of nitrogens with one attached hydrogen (secondary N) is 1. The fourth-order valence-electron chi connectivity index (χ4n) is 2.69. The minimum Gasteiger partial charge on any atom is -0.303 e. The van der Waals surface area contributed by atoms with Crippen molar-refractivity contribution in [2.45, 2.75) is 31.8 Å². The van der Waals surface area contributed by atoms with Crippen molar-refractivity contribution in [3.05, 3.63) is 65.2 Å². The van der Waals surface area contributed by atoms with Crippen LogP contribution in [0.4, 0.5) is 13.2 Å². The molecular formula is C17H17F3N2. The first kappa shape index (κ1) is 15.0. The molecule has 0 saturated heterocycles. The highest BCUT2D eigenvalue weighted by Gasteiger charge is 2.35. The summed E-state index contributed by atoms with van der Waals surface area (Å²) in [7, 11) is 0. The number of pyridine rings is 1. The topological polar surface area (TPSA) is 24.9 Å². The van der Waals surface area contributed by atoms with Crippen LogP contribution in [-0.4, -0.2) is 4.98 Å². The van der Waals surface area contributed by atoms with Gasteiger partial charge in [-0.25, -0.2) is 13.2 Å². The Labute approximate surface area is 127 Å². The maximum atomic E-state index is 14.0. The van der Waals surface area contributed by atoms with Crippen LogP contribution in [0.25, 0.3) is 0 Å². The molecule has 1 saturated carbocycles. The van der Waals surface area contributed by atoms with E-state index in [0.29, 0.717) is 11.1 Å². The highest BCUT2D eigenvalue weighted by atomic mass is 19.1. The van der Waals surface area contributed by atoms with E-state index in [4.69, 9.17) is 0 Å². The van der Waals surface area contributed by atoms with Gasteiger partial charge in [-0.05, 0) is 55.5 Å². The SMILES string of the molecule is CC(NC(c1cc(F)ccc1F)C1CC1)c1cncc(F)c1. The van der Waals surface area contributed by atoms with Crippen LogP contribution in [0.5, 0.6) is 0 Å². The molecule has 2 aromatic rings. The molecule has 116 valence electrons. The van der Waals surface area contributed by atoms with Crippen LogP contribution in [0.3, 0.4) is 0 Å². The second-order valence-electron chi connectivity index (χ2n) is 5.81. The first-order valence-electron chi connectivity index (χ1n) is 7.36. The maximum Gasteiger partial charge on any atom is 0.141 e. The second kappa shape index (κ2) is 6.08. The van der Waals surface area contributed by atoms with Crippen molar-refractivity contribution in [1.29, 1.82) is 0 Å². The van der Waals surface area contributed by atoms with Crippen LogP contribution in [0, 0.1) is 23.4 Å². The van der Waals surface area contributed by atoms with E-state index in [1.165, 1.54) is 12.1 Å². The molecule has 0 spiro atoms. The predicted octanol–water partition coefficient (Wildman–Crippen LogP) is 4.30. The molecule has 22 heavy (non-hydrogen) atoms. The Hall–Kier alpha value is -1.88. The molecule has 0 amide bonds. The fourth-order valence-corrected chi connectivity index (χ4v) is 2.69. The zero-order chi connectivity index (χ0) is 15.7. The van der Waals surface area contributed by atoms with Gasteiger partial charge in [-0.1, -0.05) is 0 Å². The van der Waals surface area contributed by atoms with Crippen molar-refractivity contribution in [3.63, 3.8) is 0 Å². The van der Waals surface area contributed by atoms with E-state index in [1.807, 2.05) is 6.92 Å². The van der Waals surface area contributed by atoms with E-state index in [1.54, 1.807) is 6.20 Å². The highest BCUT2D eigenvalue weighted by Crippen LogP contribution is 2.43. The summed E-state index contributed by atoms with van der Waals surface area (Å²) < 4.78 is 40.8. The summed E-state index contributed by atoms with van der Waals surface area (Å²) in [6.07, 6.45) is 4.66. The molecule has 1 fully saturated rings. The number of benzene rings is 1. The molecule has 3 rings (SSSR count). The van der Waals surface area contributed by atoms with Crippen molar-refractivity contribution in [3.8, 4) is 0 Å². The summed E-state index contributed by atoms with van der Waals surface area (Å²) in [6.45, 7) is 1.86. The third-order valence-electron chi connectivity index (χ3n) is 4.04. The van der Waals surface area contributed by atoms with E-state index in [2.05, 4.69) is 10.3 Å². The molecule has 2 atom stereocenters. The number of aromatic nitrogens is 1. The van der Waals surface area contributed by atoms with Crippen molar-refractivity contribution in [2.75, 3.05) is 0 Å². The summed E-state index contributed by atoms with van der Waals surface area (Å²) in [5, 5.41) is 3.29. The van der Waals surface area contributed by atoms with Crippen LogP contribution in [0.15, 0.2) is 36.7 Å². The second-order valence-corrected chi connectivity index (χ2v) is 5.81. The molecule has 0 aliphatic heterocycles. The Morgan fingerprint density at radius 1 is 1.09 bits per heavy atom. The van der Waals surface area contributed by atoms with E-state index >= 15 is 0 Å². The number of nitrogens with zero attached hydrogens (tertiary/aromatic N) is 1. The number of hydrogen-bond donors (Lipinski definition) is 1. The van der Waals surface area contributed by atoms with Gasteiger partial charge >= 0.3 is 0 Å². The zero-order valence-electron chi connectivity index (χ0n) is 12.2. The summed E-state index contributed by atoms with van der Waals surface area (Å²) >= 11 is 0. The summed E-state index contributed by atoms with van der Waals surface area (Å²) in [6, 6.07) is 4.41. The average molecular weight is 306 g/mol. The molecular weight excluding hydrogens is 289 g/mol. The number of hydrogen-bond acceptors (Lipinski definition) is 2. The van der Waals surface area contributed by atoms with Gasteiger partial charge in [0.15, 0.2) is 0 Å². The largest absolute Gasteiger partial charge is 0.303 e. The lowest BCUT2D eigenvalue weighted by molar-refractivity contribution is 0.408. The lowest BCUT2D eigenvalue weighted by Gasteiger charge is -2.24. The monoisotopic (exact) mass is 306 g/mol. The van der Waals surface area contributed by atoms with Gasteiger partial charge in [-0.15, -0.1) is 0 Å². The highest BCUT2D eigenvalue weighted by molar-refractivity contribution is 5.25. The predicted molar refractivity (Wildman–Crippen MR) is 77.6 cm³/mol. The first-order valence-corrected chi connectivity index (χ1v) is 7.36. The molecule has 1 aliphatic rings. The van der Waals surface area contributed by atoms with E-state index in [9.17, 15) is 13.2 Å². The third kappa shape index (κ3) is 3.30. The van der Waals surface area contributed by atoms with Gasteiger partial charge in [-0.2, -0.15) is 0 Å². The van der Waals surface area contributed by atoms with Crippen molar-refractivity contribution < 1.29 is 13.2 Å². The quantitative estimate of drug-likeness (QED) is 0.891. The maximum absolute atomic E-state index is 14.0. The molecule has 1 aliphatic carbocycles. The Morgan fingerprint density at radius 3 is 2.55 bits per heavy atom. The Morgan fingerprint density at radius 2 is 1.86 bits per heavy atom. The molecule has 5 heteroatoms. The fraction of sp³-hybridized carbons (Fsp3) is 0.353. The van der Waals surface area contributed by atoms with Gasteiger partial charge in [-0.3, -0.25) is 4.98 Å². The van der Waals surface area contributed by atoms with Crippen LogP contribution in [0.1, 0.15) is 43.0 Å². The molecule has 1 N–H and O–H groups in total.